The first-order valence-corrected chi connectivity index (χ1v) is 7.82. The molecule has 4 heteroatoms. The van der Waals surface area contributed by atoms with Gasteiger partial charge in [-0.2, -0.15) is 0 Å². The van der Waals surface area contributed by atoms with Crippen LogP contribution in [0.3, 0.4) is 0 Å². The molecule has 0 saturated carbocycles. The van der Waals surface area contributed by atoms with Gasteiger partial charge in [0.1, 0.15) is 6.04 Å². The average Bonchev–Trinajstić information content (AvgIpc) is 2.44. The van der Waals surface area contributed by atoms with E-state index in [1.807, 2.05) is 13.8 Å². The second kappa shape index (κ2) is 6.94. The first-order chi connectivity index (χ1) is 9.99. The second-order valence-corrected chi connectivity index (χ2v) is 6.21. The van der Waals surface area contributed by atoms with Gasteiger partial charge in [0.05, 0.1) is 0 Å². The Morgan fingerprint density at radius 2 is 2.14 bits per heavy atom. The summed E-state index contributed by atoms with van der Waals surface area (Å²) < 4.78 is 0. The summed E-state index contributed by atoms with van der Waals surface area (Å²) in [6.45, 7) is 6.96. The summed E-state index contributed by atoms with van der Waals surface area (Å²) in [4.78, 5) is 13.7. The van der Waals surface area contributed by atoms with Crippen molar-refractivity contribution in [3.8, 4) is 0 Å². The van der Waals surface area contributed by atoms with Gasteiger partial charge in [0, 0.05) is 24.3 Å². The molecule has 2 N–H and O–H groups in total. The van der Waals surface area contributed by atoms with E-state index in [4.69, 9.17) is 0 Å². The van der Waals surface area contributed by atoms with Crippen LogP contribution in [-0.4, -0.2) is 35.7 Å². The van der Waals surface area contributed by atoms with E-state index in [-0.39, 0.29) is 6.04 Å². The molecule has 2 unspecified atom stereocenters. The number of fused-ring (bicyclic) bond motifs is 1. The fraction of sp³-hybridized carbons (Fsp3) is 0.588. The molecule has 2 atom stereocenters. The lowest BCUT2D eigenvalue weighted by Crippen LogP contribution is -2.45. The maximum absolute atomic E-state index is 11.4. The predicted octanol–water partition coefficient (Wildman–Crippen LogP) is 2.67. The predicted molar refractivity (Wildman–Crippen MR) is 85.9 cm³/mol. The summed E-state index contributed by atoms with van der Waals surface area (Å²) in [7, 11) is 0. The molecule has 1 aromatic rings. The summed E-state index contributed by atoms with van der Waals surface area (Å²) >= 11 is 0. The third kappa shape index (κ3) is 3.97. The number of carbonyl (C=O) groups is 1. The molecule has 1 aromatic carbocycles. The summed E-state index contributed by atoms with van der Waals surface area (Å²) in [5, 5.41) is 12.5. The molecule has 0 saturated heterocycles. The van der Waals surface area contributed by atoms with E-state index >= 15 is 0 Å². The molecule has 21 heavy (non-hydrogen) atoms. The fourth-order valence-electron chi connectivity index (χ4n) is 3.05. The van der Waals surface area contributed by atoms with Crippen molar-refractivity contribution in [1.82, 2.24) is 5.32 Å². The van der Waals surface area contributed by atoms with Crippen LogP contribution >= 0.6 is 0 Å². The zero-order valence-electron chi connectivity index (χ0n) is 13.2. The van der Waals surface area contributed by atoms with Gasteiger partial charge in [0.15, 0.2) is 0 Å². The number of nitrogens with one attached hydrogen (secondary N) is 1. The Morgan fingerprint density at radius 1 is 1.43 bits per heavy atom. The molecule has 1 aliphatic rings. The molecule has 0 amide bonds. The van der Waals surface area contributed by atoms with Crippen molar-refractivity contribution in [2.24, 2.45) is 0 Å². The van der Waals surface area contributed by atoms with Gasteiger partial charge in [-0.05, 0) is 37.8 Å². The maximum atomic E-state index is 11.4. The Morgan fingerprint density at radius 3 is 2.81 bits per heavy atom. The quantitative estimate of drug-likeness (QED) is 0.846. The molecule has 0 bridgehead atoms. The third-order valence-corrected chi connectivity index (χ3v) is 4.16. The van der Waals surface area contributed by atoms with Crippen LogP contribution in [0.2, 0.25) is 0 Å². The van der Waals surface area contributed by atoms with Gasteiger partial charge in [-0.3, -0.25) is 4.79 Å². The molecule has 1 aliphatic heterocycles. The number of hydrogen-bond donors (Lipinski definition) is 2. The van der Waals surface area contributed by atoms with Crippen LogP contribution in [0.15, 0.2) is 24.3 Å². The maximum Gasteiger partial charge on any atom is 0.320 e. The number of benzene rings is 1. The molecule has 0 fully saturated rings. The normalized spacial score (nSPS) is 19.4. The lowest BCUT2D eigenvalue weighted by atomic mass is 9.96. The molecule has 0 radical (unpaired) electrons. The van der Waals surface area contributed by atoms with Crippen molar-refractivity contribution in [3.63, 3.8) is 0 Å². The van der Waals surface area contributed by atoms with Gasteiger partial charge < -0.3 is 15.3 Å². The monoisotopic (exact) mass is 290 g/mol. The highest BCUT2D eigenvalue weighted by Gasteiger charge is 2.25. The van der Waals surface area contributed by atoms with Crippen molar-refractivity contribution in [1.29, 1.82) is 0 Å². The van der Waals surface area contributed by atoms with Gasteiger partial charge in [-0.1, -0.05) is 32.0 Å². The summed E-state index contributed by atoms with van der Waals surface area (Å²) in [5.41, 5.74) is 2.64. The Labute approximate surface area is 127 Å². The van der Waals surface area contributed by atoms with Gasteiger partial charge in [0.25, 0.3) is 0 Å². The highest BCUT2D eigenvalue weighted by Crippen LogP contribution is 2.30. The number of anilines is 1. The lowest BCUT2D eigenvalue weighted by Gasteiger charge is -2.37. The van der Waals surface area contributed by atoms with Crippen LogP contribution in [0.4, 0.5) is 5.69 Å². The van der Waals surface area contributed by atoms with Crippen molar-refractivity contribution >= 4 is 11.7 Å². The third-order valence-electron chi connectivity index (χ3n) is 4.16. The molecule has 0 aliphatic carbocycles. The number of aryl methyl sites for hydroxylation is 1. The molecule has 2 rings (SSSR count). The summed E-state index contributed by atoms with van der Waals surface area (Å²) in [6.07, 6.45) is 2.86. The van der Waals surface area contributed by atoms with E-state index in [1.54, 1.807) is 0 Å². The van der Waals surface area contributed by atoms with Gasteiger partial charge in [0.2, 0.25) is 0 Å². The first-order valence-electron chi connectivity index (χ1n) is 7.82. The number of carboxylic acids is 1. The van der Waals surface area contributed by atoms with E-state index in [0.717, 1.165) is 19.4 Å². The van der Waals surface area contributed by atoms with E-state index in [9.17, 15) is 9.90 Å². The molecular weight excluding hydrogens is 264 g/mol. The first kappa shape index (κ1) is 15.8. The molecule has 0 spiro atoms. The SMILES string of the molecule is CC(C)NC(CCN1c2ccccc2CCC1C)C(=O)O. The molecule has 4 nitrogen and oxygen atoms in total. The highest BCUT2D eigenvalue weighted by atomic mass is 16.4. The van der Waals surface area contributed by atoms with Crippen molar-refractivity contribution in [2.75, 3.05) is 11.4 Å². The van der Waals surface area contributed by atoms with Crippen molar-refractivity contribution < 1.29 is 9.90 Å². The Balaban J connectivity index is 2.06. The fourth-order valence-corrected chi connectivity index (χ4v) is 3.05. The second-order valence-electron chi connectivity index (χ2n) is 6.21. The van der Waals surface area contributed by atoms with E-state index in [2.05, 4.69) is 41.4 Å². The number of nitrogens with zero attached hydrogens (tertiary/aromatic N) is 1. The van der Waals surface area contributed by atoms with Gasteiger partial charge in [-0.25, -0.2) is 0 Å². The smallest absolute Gasteiger partial charge is 0.320 e. The molecule has 0 aromatic heterocycles. The van der Waals surface area contributed by atoms with Gasteiger partial charge in [-0.15, -0.1) is 0 Å². The van der Waals surface area contributed by atoms with Crippen LogP contribution in [-0.2, 0) is 11.2 Å². The average molecular weight is 290 g/mol. The van der Waals surface area contributed by atoms with Crippen LogP contribution in [0.25, 0.3) is 0 Å². The van der Waals surface area contributed by atoms with E-state index in [0.29, 0.717) is 12.5 Å². The van der Waals surface area contributed by atoms with Crippen LogP contribution in [0.1, 0.15) is 39.2 Å². The zero-order valence-corrected chi connectivity index (χ0v) is 13.2. The lowest BCUT2D eigenvalue weighted by molar-refractivity contribution is -0.139. The summed E-state index contributed by atoms with van der Waals surface area (Å²) in [5.74, 6) is -0.762. The highest BCUT2D eigenvalue weighted by molar-refractivity contribution is 5.73. The summed E-state index contributed by atoms with van der Waals surface area (Å²) in [6, 6.07) is 8.63. The minimum absolute atomic E-state index is 0.178. The van der Waals surface area contributed by atoms with E-state index < -0.39 is 12.0 Å². The Hall–Kier alpha value is -1.55. The Bertz CT molecular complexity index is 487. The van der Waals surface area contributed by atoms with Crippen molar-refractivity contribution in [3.05, 3.63) is 29.8 Å². The standard InChI is InChI=1S/C17H26N2O2/c1-12(2)18-15(17(20)21)10-11-19-13(3)8-9-14-6-4-5-7-16(14)19/h4-7,12-13,15,18H,8-11H2,1-3H3,(H,20,21). The molecule has 1 heterocycles. The van der Waals surface area contributed by atoms with Crippen LogP contribution in [0.5, 0.6) is 0 Å². The number of rotatable bonds is 6. The molecular formula is C17H26N2O2. The number of carboxylic acid groups (broad SMARTS) is 1. The Kier molecular flexibility index (Phi) is 5.23. The number of para-hydroxylation sites is 1. The van der Waals surface area contributed by atoms with Crippen LogP contribution in [0, 0.1) is 0 Å². The topological polar surface area (TPSA) is 52.6 Å². The zero-order chi connectivity index (χ0) is 15.4. The number of hydrogen-bond acceptors (Lipinski definition) is 3. The van der Waals surface area contributed by atoms with Crippen molar-refractivity contribution in [2.45, 2.75) is 58.2 Å². The largest absolute Gasteiger partial charge is 0.480 e. The minimum atomic E-state index is -0.762. The van der Waals surface area contributed by atoms with E-state index in [1.165, 1.54) is 11.3 Å². The minimum Gasteiger partial charge on any atom is -0.480 e. The number of aliphatic carboxylic acids is 1. The molecule has 116 valence electrons. The van der Waals surface area contributed by atoms with Gasteiger partial charge >= 0.3 is 5.97 Å². The van der Waals surface area contributed by atoms with Crippen LogP contribution < -0.4 is 10.2 Å².